The zero-order valence-corrected chi connectivity index (χ0v) is 18.3. The van der Waals surface area contributed by atoms with Crippen LogP contribution in [0.4, 0.5) is 4.79 Å². The fourth-order valence-corrected chi connectivity index (χ4v) is 4.99. The molecule has 2 aromatic carbocycles. The molecule has 3 rings (SSSR count). The second-order valence-electron chi connectivity index (χ2n) is 5.59. The van der Waals surface area contributed by atoms with Gasteiger partial charge in [-0.15, -0.1) is 0 Å². The van der Waals surface area contributed by atoms with E-state index in [0.29, 0.717) is 12.0 Å². The quantitative estimate of drug-likeness (QED) is 0.406. The monoisotopic (exact) mass is 577 g/mol. The number of imide groups is 1. The molecule has 0 radical (unpaired) electrons. The Morgan fingerprint density at radius 1 is 1.12 bits per heavy atom. The van der Waals surface area contributed by atoms with E-state index in [0.717, 1.165) is 28.5 Å². The van der Waals surface area contributed by atoms with E-state index in [9.17, 15) is 14.7 Å². The number of phenols is 1. The zero-order chi connectivity index (χ0) is 18.1. The van der Waals surface area contributed by atoms with Crippen molar-refractivity contribution in [3.63, 3.8) is 0 Å². The molecule has 25 heavy (non-hydrogen) atoms. The lowest BCUT2D eigenvalue weighted by molar-refractivity contribution is -0.123. The van der Waals surface area contributed by atoms with Crippen molar-refractivity contribution in [2.24, 2.45) is 0 Å². The summed E-state index contributed by atoms with van der Waals surface area (Å²) in [5.74, 6) is -0.0560. The second-order valence-corrected chi connectivity index (χ2v) is 8.90. The van der Waals surface area contributed by atoms with Crippen molar-refractivity contribution < 1.29 is 14.7 Å². The van der Waals surface area contributed by atoms with Crippen molar-refractivity contribution in [2.75, 3.05) is 0 Å². The lowest BCUT2D eigenvalue weighted by atomic mass is 10.1. The number of halogens is 2. The average Bonchev–Trinajstić information content (AvgIpc) is 2.82. The van der Waals surface area contributed by atoms with Gasteiger partial charge in [-0.2, -0.15) is 0 Å². The van der Waals surface area contributed by atoms with Gasteiger partial charge in [0.15, 0.2) is 0 Å². The van der Waals surface area contributed by atoms with Crippen LogP contribution in [0, 0.1) is 14.1 Å². The molecule has 128 valence electrons. The molecule has 0 spiro atoms. The topological polar surface area (TPSA) is 57.6 Å². The number of hydrogen-bond donors (Lipinski definition) is 1. The number of aromatic hydroxyl groups is 1. The first-order chi connectivity index (χ1) is 11.8. The maximum atomic E-state index is 12.6. The summed E-state index contributed by atoms with van der Waals surface area (Å²) in [6.45, 7) is 2.26. The Balaban J connectivity index is 1.84. The van der Waals surface area contributed by atoms with Crippen molar-refractivity contribution in [1.29, 1.82) is 0 Å². The van der Waals surface area contributed by atoms with E-state index in [1.54, 1.807) is 18.2 Å². The number of amides is 2. The fourth-order valence-electron chi connectivity index (χ4n) is 2.33. The highest BCUT2D eigenvalue weighted by Crippen LogP contribution is 2.35. The third-order valence-corrected chi connectivity index (χ3v) is 6.22. The Bertz CT molecular complexity index is 871. The molecule has 0 aromatic heterocycles. The van der Waals surface area contributed by atoms with E-state index in [2.05, 4.69) is 0 Å². The molecular formula is C18H13I2NO3S. The molecule has 2 aromatic rings. The normalized spacial score (nSPS) is 16.1. The van der Waals surface area contributed by atoms with Crippen LogP contribution in [-0.2, 0) is 11.3 Å². The van der Waals surface area contributed by atoms with E-state index in [4.69, 9.17) is 0 Å². The highest BCUT2D eigenvalue weighted by molar-refractivity contribution is 14.1. The number of carbonyl (C=O) groups excluding carboxylic acids is 2. The number of aryl methyl sites for hydroxylation is 1. The molecule has 0 atom stereocenters. The minimum atomic E-state index is -0.284. The van der Waals surface area contributed by atoms with Crippen molar-refractivity contribution in [1.82, 2.24) is 4.90 Å². The van der Waals surface area contributed by atoms with Crippen LogP contribution < -0.4 is 0 Å². The number of thioether (sulfide) groups is 1. The second kappa shape index (κ2) is 7.67. The van der Waals surface area contributed by atoms with Gasteiger partial charge in [-0.3, -0.25) is 14.5 Å². The minimum absolute atomic E-state index is 0.228. The van der Waals surface area contributed by atoms with E-state index in [1.807, 2.05) is 76.4 Å². The summed E-state index contributed by atoms with van der Waals surface area (Å²) in [6.07, 6.45) is 1.70. The molecule has 0 bridgehead atoms. The predicted octanol–water partition coefficient (Wildman–Crippen LogP) is 5.15. The first-order valence-electron chi connectivity index (χ1n) is 7.34. The third-order valence-electron chi connectivity index (χ3n) is 3.67. The zero-order valence-electron chi connectivity index (χ0n) is 13.1. The molecule has 0 unspecified atom stereocenters. The van der Waals surface area contributed by atoms with Gasteiger partial charge in [0.05, 0.1) is 18.6 Å². The maximum absolute atomic E-state index is 12.6. The fraction of sp³-hybridized carbons (Fsp3) is 0.111. The van der Waals surface area contributed by atoms with Gasteiger partial charge in [0.1, 0.15) is 5.75 Å². The average molecular weight is 577 g/mol. The number of carbonyl (C=O) groups is 2. The molecule has 1 heterocycles. The summed E-state index contributed by atoms with van der Waals surface area (Å²) in [5, 5.41) is 9.58. The van der Waals surface area contributed by atoms with Crippen LogP contribution in [0.15, 0.2) is 41.3 Å². The summed E-state index contributed by atoms with van der Waals surface area (Å²) >= 11 is 5.03. The maximum Gasteiger partial charge on any atom is 0.293 e. The van der Waals surface area contributed by atoms with Gasteiger partial charge in [0, 0.05) is 0 Å². The summed E-state index contributed by atoms with van der Waals surface area (Å²) < 4.78 is 1.41. The third kappa shape index (κ3) is 4.20. The van der Waals surface area contributed by atoms with Gasteiger partial charge in [0.25, 0.3) is 11.1 Å². The predicted molar refractivity (Wildman–Crippen MR) is 116 cm³/mol. The summed E-state index contributed by atoms with van der Waals surface area (Å²) in [5.41, 5.74) is 2.84. The van der Waals surface area contributed by atoms with Crippen LogP contribution in [0.5, 0.6) is 5.75 Å². The number of nitrogens with zero attached hydrogens (tertiary/aromatic N) is 1. The molecule has 1 N–H and O–H groups in total. The van der Waals surface area contributed by atoms with Crippen molar-refractivity contribution >= 4 is 74.2 Å². The van der Waals surface area contributed by atoms with Crippen LogP contribution >= 0.6 is 56.9 Å². The first kappa shape index (κ1) is 18.7. The Morgan fingerprint density at radius 2 is 1.72 bits per heavy atom. The minimum Gasteiger partial charge on any atom is -0.506 e. The molecular weight excluding hydrogens is 564 g/mol. The molecule has 1 aliphatic rings. The van der Waals surface area contributed by atoms with Gasteiger partial charge in [-0.05, 0) is 93.2 Å². The van der Waals surface area contributed by atoms with E-state index in [1.165, 1.54) is 4.90 Å². The highest BCUT2D eigenvalue weighted by atomic mass is 127. The van der Waals surface area contributed by atoms with Crippen molar-refractivity contribution in [2.45, 2.75) is 13.5 Å². The summed E-state index contributed by atoms with van der Waals surface area (Å²) in [6, 6.07) is 11.3. The van der Waals surface area contributed by atoms with Crippen LogP contribution in [0.2, 0.25) is 0 Å². The number of rotatable bonds is 3. The number of phenolic OH excluding ortho intramolecular Hbond substituents is 1. The van der Waals surface area contributed by atoms with Gasteiger partial charge in [-0.1, -0.05) is 29.8 Å². The van der Waals surface area contributed by atoms with Gasteiger partial charge >= 0.3 is 0 Å². The number of hydrogen-bond acceptors (Lipinski definition) is 4. The lowest BCUT2D eigenvalue weighted by Gasteiger charge is -2.12. The molecule has 0 aliphatic carbocycles. The molecule has 1 aliphatic heterocycles. The van der Waals surface area contributed by atoms with Crippen LogP contribution in [-0.4, -0.2) is 21.2 Å². The van der Waals surface area contributed by atoms with Crippen molar-refractivity contribution in [3.8, 4) is 5.75 Å². The van der Waals surface area contributed by atoms with Gasteiger partial charge in [-0.25, -0.2) is 0 Å². The van der Waals surface area contributed by atoms with E-state index in [-0.39, 0.29) is 23.4 Å². The Morgan fingerprint density at radius 3 is 2.32 bits per heavy atom. The standard InChI is InChI=1S/C18H13I2NO3S/c1-10-2-4-11(5-3-10)9-21-17(23)15(25-18(21)24)8-12-6-13(19)16(22)14(20)7-12/h2-8,22H,9H2,1H3/b15-8+. The van der Waals surface area contributed by atoms with Crippen LogP contribution in [0.3, 0.4) is 0 Å². The summed E-state index contributed by atoms with van der Waals surface area (Å²) in [4.78, 5) is 26.5. The molecule has 0 saturated carbocycles. The van der Waals surface area contributed by atoms with E-state index < -0.39 is 0 Å². The van der Waals surface area contributed by atoms with Crippen LogP contribution in [0.1, 0.15) is 16.7 Å². The molecule has 4 nitrogen and oxygen atoms in total. The number of benzene rings is 2. The molecule has 7 heteroatoms. The smallest absolute Gasteiger partial charge is 0.293 e. The summed E-state index contributed by atoms with van der Waals surface area (Å²) in [7, 11) is 0. The molecule has 2 amide bonds. The first-order valence-corrected chi connectivity index (χ1v) is 10.3. The van der Waals surface area contributed by atoms with Gasteiger partial charge < -0.3 is 5.11 Å². The molecule has 1 fully saturated rings. The van der Waals surface area contributed by atoms with Crippen LogP contribution in [0.25, 0.3) is 6.08 Å². The van der Waals surface area contributed by atoms with E-state index >= 15 is 0 Å². The Labute approximate surface area is 177 Å². The SMILES string of the molecule is Cc1ccc(CN2C(=O)S/C(=C/c3cc(I)c(O)c(I)c3)C2=O)cc1. The lowest BCUT2D eigenvalue weighted by Crippen LogP contribution is -2.27. The van der Waals surface area contributed by atoms with Gasteiger partial charge in [0.2, 0.25) is 0 Å². The Hall–Kier alpha value is -1.07. The highest BCUT2D eigenvalue weighted by Gasteiger charge is 2.35. The largest absolute Gasteiger partial charge is 0.506 e. The molecule has 1 saturated heterocycles. The van der Waals surface area contributed by atoms with Crippen molar-refractivity contribution in [3.05, 3.63) is 65.1 Å². The Kier molecular flexibility index (Phi) is 5.74.